The molecule has 6 nitrogen and oxygen atoms in total. The molecular weight excluding hydrogens is 306 g/mol. The zero-order valence-corrected chi connectivity index (χ0v) is 13.5. The Balaban J connectivity index is 1.32. The molecule has 2 atom stereocenters. The number of ether oxygens (including phenoxy) is 1. The molecule has 0 aromatic carbocycles. The number of fused-ring (bicyclic) bond motifs is 1. The fraction of sp³-hybridized carbons (Fsp3) is 0.444. The summed E-state index contributed by atoms with van der Waals surface area (Å²) in [5.74, 6) is 0.0585. The summed E-state index contributed by atoms with van der Waals surface area (Å²) in [5.41, 5.74) is 1.73. The molecule has 0 unspecified atom stereocenters. The van der Waals surface area contributed by atoms with Crippen LogP contribution in [-0.4, -0.2) is 59.0 Å². The maximum atomic E-state index is 12.5. The zero-order valence-electron chi connectivity index (χ0n) is 13.5. The van der Waals surface area contributed by atoms with Gasteiger partial charge in [-0.3, -0.25) is 14.7 Å². The molecular formula is C18H21N3O3. The third-order valence-corrected chi connectivity index (χ3v) is 4.84. The predicted molar refractivity (Wildman–Crippen MR) is 87.4 cm³/mol. The first-order valence-corrected chi connectivity index (χ1v) is 8.35. The number of carbonyl (C=O) groups is 1. The summed E-state index contributed by atoms with van der Waals surface area (Å²) in [6.07, 6.45) is 7.86. The number of pyridine rings is 1. The smallest absolute Gasteiger partial charge is 0.257 e. The molecule has 0 aliphatic carbocycles. The largest absolute Gasteiger partial charge is 0.472 e. The van der Waals surface area contributed by atoms with Crippen LogP contribution in [0.15, 0.2) is 47.5 Å². The Kier molecular flexibility index (Phi) is 4.32. The van der Waals surface area contributed by atoms with E-state index < -0.39 is 0 Å². The van der Waals surface area contributed by atoms with Crippen molar-refractivity contribution in [3.63, 3.8) is 0 Å². The lowest BCUT2D eigenvalue weighted by atomic mass is 10.1. The number of hydrogen-bond donors (Lipinski definition) is 0. The fourth-order valence-corrected chi connectivity index (χ4v) is 3.57. The first kappa shape index (κ1) is 15.4. The first-order valence-electron chi connectivity index (χ1n) is 8.35. The van der Waals surface area contributed by atoms with Crippen LogP contribution in [0.4, 0.5) is 0 Å². The number of rotatable bonds is 4. The van der Waals surface area contributed by atoms with Gasteiger partial charge in [-0.2, -0.15) is 0 Å². The van der Waals surface area contributed by atoms with Crippen molar-refractivity contribution in [2.24, 2.45) is 0 Å². The lowest BCUT2D eigenvalue weighted by molar-refractivity contribution is 0.0450. The van der Waals surface area contributed by atoms with Gasteiger partial charge in [0, 0.05) is 44.6 Å². The van der Waals surface area contributed by atoms with Crippen LogP contribution in [0.1, 0.15) is 22.3 Å². The van der Waals surface area contributed by atoms with Crippen LogP contribution < -0.4 is 0 Å². The van der Waals surface area contributed by atoms with Crippen molar-refractivity contribution in [2.75, 3.05) is 26.2 Å². The van der Waals surface area contributed by atoms with Crippen LogP contribution in [-0.2, 0) is 11.3 Å². The number of amides is 1. The molecule has 6 heteroatoms. The zero-order chi connectivity index (χ0) is 16.4. The molecule has 2 aliphatic heterocycles. The number of furan rings is 1. The van der Waals surface area contributed by atoms with Gasteiger partial charge < -0.3 is 14.1 Å². The van der Waals surface area contributed by atoms with E-state index in [9.17, 15) is 4.79 Å². The van der Waals surface area contributed by atoms with Gasteiger partial charge in [-0.1, -0.05) is 6.07 Å². The Labute approximate surface area is 141 Å². The summed E-state index contributed by atoms with van der Waals surface area (Å²) < 4.78 is 11.1. The van der Waals surface area contributed by atoms with E-state index in [-0.39, 0.29) is 12.0 Å². The molecule has 1 amide bonds. The summed E-state index contributed by atoms with van der Waals surface area (Å²) in [6.45, 7) is 3.96. The molecule has 24 heavy (non-hydrogen) atoms. The molecule has 0 N–H and O–H groups in total. The fourth-order valence-electron chi connectivity index (χ4n) is 3.57. The van der Waals surface area contributed by atoms with E-state index in [4.69, 9.17) is 9.15 Å². The lowest BCUT2D eigenvalue weighted by Crippen LogP contribution is -2.52. The molecule has 126 valence electrons. The van der Waals surface area contributed by atoms with E-state index in [2.05, 4.69) is 9.88 Å². The van der Waals surface area contributed by atoms with E-state index in [0.29, 0.717) is 18.2 Å². The molecule has 2 fully saturated rings. The predicted octanol–water partition coefficient (Wildman–Crippen LogP) is 1.79. The number of piperazine rings is 1. The number of carbonyl (C=O) groups excluding carboxylic acids is 1. The van der Waals surface area contributed by atoms with E-state index in [0.717, 1.165) is 38.2 Å². The standard InChI is InChI=1S/C18H21N3O3/c22-18(15-3-7-23-13-15)21-6-5-20-11-17(8-16(20)10-21)24-12-14-2-1-4-19-9-14/h1-4,7,9,13,16-17H,5-6,8,10-12H2/t16-,17+/m0/s1. The van der Waals surface area contributed by atoms with Crippen molar-refractivity contribution < 1.29 is 13.9 Å². The van der Waals surface area contributed by atoms with Crippen LogP contribution in [0.25, 0.3) is 0 Å². The maximum absolute atomic E-state index is 12.5. The first-order chi connectivity index (χ1) is 11.8. The van der Waals surface area contributed by atoms with Gasteiger partial charge in [0.05, 0.1) is 24.5 Å². The van der Waals surface area contributed by atoms with E-state index in [1.165, 1.54) is 6.26 Å². The summed E-state index contributed by atoms with van der Waals surface area (Å²) in [6, 6.07) is 6.06. The van der Waals surface area contributed by atoms with Crippen LogP contribution in [0.5, 0.6) is 0 Å². The number of hydrogen-bond acceptors (Lipinski definition) is 5. The van der Waals surface area contributed by atoms with Crippen LogP contribution >= 0.6 is 0 Å². The molecule has 2 aromatic heterocycles. The van der Waals surface area contributed by atoms with Crippen molar-refractivity contribution >= 4 is 5.91 Å². The Bertz CT molecular complexity index is 674. The molecule has 2 aliphatic rings. The number of aromatic nitrogens is 1. The Hall–Kier alpha value is -2.18. The van der Waals surface area contributed by atoms with Gasteiger partial charge in [0.15, 0.2) is 0 Å². The van der Waals surface area contributed by atoms with Gasteiger partial charge in [0.25, 0.3) is 5.91 Å². The van der Waals surface area contributed by atoms with Gasteiger partial charge in [-0.15, -0.1) is 0 Å². The third-order valence-electron chi connectivity index (χ3n) is 4.84. The molecule has 0 bridgehead atoms. The minimum atomic E-state index is 0.0585. The molecule has 4 rings (SSSR count). The highest BCUT2D eigenvalue weighted by Crippen LogP contribution is 2.25. The van der Waals surface area contributed by atoms with E-state index >= 15 is 0 Å². The van der Waals surface area contributed by atoms with Crippen LogP contribution in [0.2, 0.25) is 0 Å². The minimum absolute atomic E-state index is 0.0585. The molecule has 2 saturated heterocycles. The average molecular weight is 327 g/mol. The summed E-state index contributed by atoms with van der Waals surface area (Å²) in [7, 11) is 0. The van der Waals surface area contributed by atoms with Gasteiger partial charge >= 0.3 is 0 Å². The van der Waals surface area contributed by atoms with Crippen molar-refractivity contribution in [2.45, 2.75) is 25.2 Å². The number of nitrogens with zero attached hydrogens (tertiary/aromatic N) is 3. The van der Waals surface area contributed by atoms with Crippen LogP contribution in [0.3, 0.4) is 0 Å². The maximum Gasteiger partial charge on any atom is 0.257 e. The SMILES string of the molecule is O=C(c1ccoc1)N1CCN2C[C@H](OCc3cccnc3)C[C@H]2C1. The molecule has 4 heterocycles. The second-order valence-electron chi connectivity index (χ2n) is 6.44. The quantitative estimate of drug-likeness (QED) is 0.857. The van der Waals surface area contributed by atoms with Crippen molar-refractivity contribution in [3.05, 3.63) is 54.2 Å². The minimum Gasteiger partial charge on any atom is -0.472 e. The second-order valence-corrected chi connectivity index (χ2v) is 6.44. The van der Waals surface area contributed by atoms with Gasteiger partial charge in [-0.25, -0.2) is 0 Å². The van der Waals surface area contributed by atoms with Crippen molar-refractivity contribution in [1.29, 1.82) is 0 Å². The summed E-state index contributed by atoms with van der Waals surface area (Å²) >= 11 is 0. The van der Waals surface area contributed by atoms with E-state index in [1.54, 1.807) is 18.5 Å². The van der Waals surface area contributed by atoms with Crippen molar-refractivity contribution in [1.82, 2.24) is 14.8 Å². The Morgan fingerprint density at radius 2 is 2.29 bits per heavy atom. The second kappa shape index (κ2) is 6.75. The highest BCUT2D eigenvalue weighted by atomic mass is 16.5. The average Bonchev–Trinajstić information content (AvgIpc) is 3.29. The normalized spacial score (nSPS) is 24.1. The van der Waals surface area contributed by atoms with Gasteiger partial charge in [0.1, 0.15) is 6.26 Å². The van der Waals surface area contributed by atoms with Crippen molar-refractivity contribution in [3.8, 4) is 0 Å². The summed E-state index contributed by atoms with van der Waals surface area (Å²) in [5, 5.41) is 0. The molecule has 0 saturated carbocycles. The van der Waals surface area contributed by atoms with Gasteiger partial charge in [0.2, 0.25) is 0 Å². The summed E-state index contributed by atoms with van der Waals surface area (Å²) in [4.78, 5) is 20.9. The Morgan fingerprint density at radius 3 is 3.08 bits per heavy atom. The van der Waals surface area contributed by atoms with Crippen LogP contribution in [0, 0.1) is 0 Å². The highest BCUT2D eigenvalue weighted by Gasteiger charge is 2.38. The molecule has 0 spiro atoms. The highest BCUT2D eigenvalue weighted by molar-refractivity contribution is 5.93. The molecule has 0 radical (unpaired) electrons. The molecule has 2 aromatic rings. The lowest BCUT2D eigenvalue weighted by Gasteiger charge is -2.37. The monoisotopic (exact) mass is 327 g/mol. The Morgan fingerprint density at radius 1 is 1.33 bits per heavy atom. The third kappa shape index (κ3) is 3.20. The van der Waals surface area contributed by atoms with Gasteiger partial charge in [-0.05, 0) is 24.1 Å². The topological polar surface area (TPSA) is 58.8 Å². The van der Waals surface area contributed by atoms with E-state index in [1.807, 2.05) is 23.2 Å².